The van der Waals surface area contributed by atoms with Crippen LogP contribution < -0.4 is 4.74 Å². The molecule has 2 rings (SSSR count). The molecule has 0 aliphatic carbocycles. The maximum absolute atomic E-state index is 5.73. The molecular weight excluding hydrogens is 220 g/mol. The number of terminal acetylenes is 1. The lowest BCUT2D eigenvalue weighted by atomic mass is 10.1. The summed E-state index contributed by atoms with van der Waals surface area (Å²) < 4.78 is 5.73. The minimum atomic E-state index is 0.793. The molecule has 0 radical (unpaired) electrons. The Morgan fingerprint density at radius 1 is 1.06 bits per heavy atom. The predicted molar refractivity (Wildman–Crippen MR) is 76.9 cm³/mol. The Hall–Kier alpha value is -1.94. The smallest absolute Gasteiger partial charge is 0.119 e. The largest absolute Gasteiger partial charge is 0.494 e. The number of hydrogen-bond acceptors (Lipinski definition) is 1. The third kappa shape index (κ3) is 3.05. The molecule has 0 aromatic heterocycles. The van der Waals surface area contributed by atoms with Crippen LogP contribution in [0.3, 0.4) is 0 Å². The average molecular weight is 238 g/mol. The first-order valence-electron chi connectivity index (χ1n) is 6.46. The number of benzene rings is 2. The highest BCUT2D eigenvalue weighted by Crippen LogP contribution is 2.22. The highest BCUT2D eigenvalue weighted by Gasteiger charge is 1.98. The van der Waals surface area contributed by atoms with E-state index in [9.17, 15) is 0 Å². The highest BCUT2D eigenvalue weighted by atomic mass is 16.5. The zero-order valence-corrected chi connectivity index (χ0v) is 10.8. The van der Waals surface area contributed by atoms with Crippen molar-refractivity contribution >= 4 is 10.8 Å². The highest BCUT2D eigenvalue weighted by molar-refractivity contribution is 5.85. The summed E-state index contributed by atoms with van der Waals surface area (Å²) in [7, 11) is 0. The summed E-state index contributed by atoms with van der Waals surface area (Å²) in [5, 5.41) is 2.33. The summed E-state index contributed by atoms with van der Waals surface area (Å²) in [6.45, 7) is 2.99. The van der Waals surface area contributed by atoms with Gasteiger partial charge >= 0.3 is 0 Å². The maximum Gasteiger partial charge on any atom is 0.119 e. The molecule has 18 heavy (non-hydrogen) atoms. The van der Waals surface area contributed by atoms with Gasteiger partial charge in [-0.1, -0.05) is 37.8 Å². The molecule has 0 spiro atoms. The second-order valence-electron chi connectivity index (χ2n) is 4.42. The normalized spacial score (nSPS) is 10.2. The van der Waals surface area contributed by atoms with E-state index in [-0.39, 0.29) is 0 Å². The monoisotopic (exact) mass is 238 g/mol. The van der Waals surface area contributed by atoms with Gasteiger partial charge in [0.05, 0.1) is 6.61 Å². The number of unbranched alkanes of at least 4 members (excludes halogenated alkanes) is 2. The number of ether oxygens (including phenoxy) is 1. The Kier molecular flexibility index (Phi) is 4.25. The van der Waals surface area contributed by atoms with Gasteiger partial charge in [-0.05, 0) is 41.5 Å². The van der Waals surface area contributed by atoms with Crippen LogP contribution >= 0.6 is 0 Å². The van der Waals surface area contributed by atoms with E-state index >= 15 is 0 Å². The molecule has 0 aliphatic rings. The van der Waals surface area contributed by atoms with E-state index < -0.39 is 0 Å². The Labute approximate surface area is 109 Å². The van der Waals surface area contributed by atoms with E-state index in [2.05, 4.69) is 25.0 Å². The fraction of sp³-hybridized carbons (Fsp3) is 0.294. The molecule has 2 aromatic rings. The molecule has 0 aliphatic heterocycles. The Morgan fingerprint density at radius 2 is 1.83 bits per heavy atom. The molecule has 2 aromatic carbocycles. The molecule has 1 heteroatoms. The van der Waals surface area contributed by atoms with E-state index in [1.54, 1.807) is 0 Å². The van der Waals surface area contributed by atoms with Crippen LogP contribution in [0.5, 0.6) is 5.75 Å². The Balaban J connectivity index is 2.11. The standard InChI is InChI=1S/C17H18O/c1-3-5-6-11-18-17-10-9-15-12-14(4-2)7-8-16(15)13-17/h2,7-10,12-13H,3,5-6,11H2,1H3. The van der Waals surface area contributed by atoms with Crippen LogP contribution in [0.2, 0.25) is 0 Å². The first kappa shape index (κ1) is 12.5. The van der Waals surface area contributed by atoms with Crippen molar-refractivity contribution in [3.8, 4) is 18.1 Å². The van der Waals surface area contributed by atoms with E-state index in [1.165, 1.54) is 18.2 Å². The summed E-state index contributed by atoms with van der Waals surface area (Å²) in [6.07, 6.45) is 8.95. The van der Waals surface area contributed by atoms with Crippen LogP contribution in [-0.2, 0) is 0 Å². The van der Waals surface area contributed by atoms with Gasteiger partial charge in [0, 0.05) is 5.56 Å². The van der Waals surface area contributed by atoms with Gasteiger partial charge in [-0.2, -0.15) is 0 Å². The van der Waals surface area contributed by atoms with E-state index in [4.69, 9.17) is 11.2 Å². The van der Waals surface area contributed by atoms with Crippen molar-refractivity contribution in [2.45, 2.75) is 26.2 Å². The van der Waals surface area contributed by atoms with Crippen molar-refractivity contribution < 1.29 is 4.74 Å². The summed E-state index contributed by atoms with van der Waals surface area (Å²) in [6, 6.07) is 12.2. The van der Waals surface area contributed by atoms with Gasteiger partial charge in [-0.15, -0.1) is 6.42 Å². The van der Waals surface area contributed by atoms with Crippen LogP contribution in [-0.4, -0.2) is 6.61 Å². The third-order valence-electron chi connectivity index (χ3n) is 2.99. The molecule has 92 valence electrons. The topological polar surface area (TPSA) is 9.23 Å². The molecule has 0 N–H and O–H groups in total. The maximum atomic E-state index is 5.73. The quantitative estimate of drug-likeness (QED) is 0.554. The molecule has 1 nitrogen and oxygen atoms in total. The Morgan fingerprint density at radius 3 is 2.61 bits per heavy atom. The van der Waals surface area contributed by atoms with Crippen LogP contribution in [0, 0.1) is 12.3 Å². The van der Waals surface area contributed by atoms with Gasteiger partial charge in [-0.3, -0.25) is 0 Å². The third-order valence-corrected chi connectivity index (χ3v) is 2.99. The fourth-order valence-corrected chi connectivity index (χ4v) is 1.95. The lowest BCUT2D eigenvalue weighted by Crippen LogP contribution is -1.96. The van der Waals surface area contributed by atoms with Crippen LogP contribution in [0.1, 0.15) is 31.7 Å². The lowest BCUT2D eigenvalue weighted by Gasteiger charge is -2.07. The molecule has 0 unspecified atom stereocenters. The van der Waals surface area contributed by atoms with Crippen molar-refractivity contribution in [3.63, 3.8) is 0 Å². The first-order valence-corrected chi connectivity index (χ1v) is 6.46. The SMILES string of the molecule is C#Cc1ccc2cc(OCCCCC)ccc2c1. The number of fused-ring (bicyclic) bond motifs is 1. The molecular formula is C17H18O. The molecule has 0 amide bonds. The van der Waals surface area contributed by atoms with E-state index in [1.807, 2.05) is 24.3 Å². The van der Waals surface area contributed by atoms with Crippen molar-refractivity contribution in [1.82, 2.24) is 0 Å². The second-order valence-corrected chi connectivity index (χ2v) is 4.42. The number of rotatable bonds is 5. The van der Waals surface area contributed by atoms with Crippen LogP contribution in [0.4, 0.5) is 0 Å². The molecule has 0 saturated heterocycles. The fourth-order valence-electron chi connectivity index (χ4n) is 1.95. The molecule has 0 atom stereocenters. The van der Waals surface area contributed by atoms with E-state index in [0.29, 0.717) is 0 Å². The second kappa shape index (κ2) is 6.12. The van der Waals surface area contributed by atoms with Gasteiger partial charge in [0.2, 0.25) is 0 Å². The summed E-state index contributed by atoms with van der Waals surface area (Å²) in [5.41, 5.74) is 0.916. The predicted octanol–water partition coefficient (Wildman–Crippen LogP) is 4.39. The van der Waals surface area contributed by atoms with E-state index in [0.717, 1.165) is 29.7 Å². The molecule has 0 heterocycles. The lowest BCUT2D eigenvalue weighted by molar-refractivity contribution is 0.306. The van der Waals surface area contributed by atoms with Crippen molar-refractivity contribution in [3.05, 3.63) is 42.0 Å². The summed E-state index contributed by atoms with van der Waals surface area (Å²) in [4.78, 5) is 0. The van der Waals surface area contributed by atoms with Crippen LogP contribution in [0.15, 0.2) is 36.4 Å². The first-order chi connectivity index (χ1) is 8.83. The van der Waals surface area contributed by atoms with Gasteiger partial charge in [0.25, 0.3) is 0 Å². The summed E-state index contributed by atoms with van der Waals surface area (Å²) >= 11 is 0. The molecule has 0 bridgehead atoms. The summed E-state index contributed by atoms with van der Waals surface area (Å²) in [5.74, 6) is 3.59. The van der Waals surface area contributed by atoms with Crippen molar-refractivity contribution in [2.24, 2.45) is 0 Å². The minimum absolute atomic E-state index is 0.793. The van der Waals surface area contributed by atoms with Crippen molar-refractivity contribution in [2.75, 3.05) is 6.61 Å². The average Bonchev–Trinajstić information content (AvgIpc) is 2.43. The van der Waals surface area contributed by atoms with Gasteiger partial charge in [0.1, 0.15) is 5.75 Å². The van der Waals surface area contributed by atoms with Crippen LogP contribution in [0.25, 0.3) is 10.8 Å². The zero-order valence-electron chi connectivity index (χ0n) is 10.8. The molecule has 0 fully saturated rings. The van der Waals surface area contributed by atoms with Crippen molar-refractivity contribution in [1.29, 1.82) is 0 Å². The zero-order chi connectivity index (χ0) is 12.8. The number of hydrogen-bond donors (Lipinski definition) is 0. The van der Waals surface area contributed by atoms with Gasteiger partial charge < -0.3 is 4.74 Å². The minimum Gasteiger partial charge on any atom is -0.494 e. The molecule has 0 saturated carbocycles. The Bertz CT molecular complexity index is 563. The van der Waals surface area contributed by atoms with Gasteiger partial charge in [0.15, 0.2) is 0 Å². The van der Waals surface area contributed by atoms with Gasteiger partial charge in [-0.25, -0.2) is 0 Å².